The lowest BCUT2D eigenvalue weighted by Crippen LogP contribution is -2.34. The van der Waals surface area contributed by atoms with E-state index in [9.17, 15) is 9.59 Å². The Labute approximate surface area is 209 Å². The van der Waals surface area contributed by atoms with Gasteiger partial charge >= 0.3 is 12.1 Å². The van der Waals surface area contributed by atoms with E-state index in [-0.39, 0.29) is 12.0 Å². The van der Waals surface area contributed by atoms with Gasteiger partial charge in [0.05, 0.1) is 13.2 Å². The van der Waals surface area contributed by atoms with Gasteiger partial charge in [0.25, 0.3) is 0 Å². The molecule has 1 amide bonds. The maximum Gasteiger partial charge on any atom is 0.407 e. The molecule has 192 valence electrons. The van der Waals surface area contributed by atoms with E-state index in [1.807, 2.05) is 69.3 Å². The SMILES string of the molecule is CCOC(=O)C(Cc1ccc(OCCNC(=O)OC(C)(C)C)cc1)Oc1ccc(C(C)(C)C)cc1. The normalized spacial score (nSPS) is 12.4. The van der Waals surface area contributed by atoms with Gasteiger partial charge in [0.1, 0.15) is 23.7 Å². The zero-order chi connectivity index (χ0) is 26.1. The molecule has 2 aromatic rings. The van der Waals surface area contributed by atoms with Crippen LogP contribution in [0.3, 0.4) is 0 Å². The largest absolute Gasteiger partial charge is 0.492 e. The first-order valence-corrected chi connectivity index (χ1v) is 12.0. The third kappa shape index (κ3) is 10.3. The van der Waals surface area contributed by atoms with Crippen LogP contribution in [0.25, 0.3) is 0 Å². The van der Waals surface area contributed by atoms with E-state index in [4.69, 9.17) is 18.9 Å². The highest BCUT2D eigenvalue weighted by Gasteiger charge is 2.23. The molecule has 0 saturated heterocycles. The van der Waals surface area contributed by atoms with Crippen LogP contribution in [0, 0.1) is 0 Å². The number of hydrogen-bond donors (Lipinski definition) is 1. The molecule has 0 radical (unpaired) electrons. The van der Waals surface area contributed by atoms with E-state index in [2.05, 4.69) is 26.1 Å². The summed E-state index contributed by atoms with van der Waals surface area (Å²) in [5.41, 5.74) is 1.60. The van der Waals surface area contributed by atoms with E-state index in [1.165, 1.54) is 5.56 Å². The van der Waals surface area contributed by atoms with Gasteiger partial charge in [0.2, 0.25) is 0 Å². The van der Waals surface area contributed by atoms with Crippen LogP contribution in [-0.2, 0) is 26.1 Å². The summed E-state index contributed by atoms with van der Waals surface area (Å²) in [4.78, 5) is 24.2. The minimum absolute atomic E-state index is 0.0364. The Bertz CT molecular complexity index is 939. The zero-order valence-electron chi connectivity index (χ0n) is 22.0. The molecular weight excluding hydrogens is 446 g/mol. The molecule has 0 spiro atoms. The molecule has 1 N–H and O–H groups in total. The molecule has 0 aliphatic carbocycles. The van der Waals surface area contributed by atoms with Gasteiger partial charge in [-0.1, -0.05) is 45.0 Å². The number of rotatable bonds is 10. The molecule has 2 rings (SSSR count). The highest BCUT2D eigenvalue weighted by molar-refractivity contribution is 5.75. The summed E-state index contributed by atoms with van der Waals surface area (Å²) >= 11 is 0. The van der Waals surface area contributed by atoms with Crippen LogP contribution in [0.2, 0.25) is 0 Å². The minimum atomic E-state index is -0.764. The van der Waals surface area contributed by atoms with Crippen molar-refractivity contribution >= 4 is 12.1 Å². The van der Waals surface area contributed by atoms with Gasteiger partial charge in [0.15, 0.2) is 6.10 Å². The summed E-state index contributed by atoms with van der Waals surface area (Å²) in [6, 6.07) is 15.2. The third-order valence-electron chi connectivity index (χ3n) is 4.93. The number of carbonyl (C=O) groups is 2. The molecule has 2 aromatic carbocycles. The lowest BCUT2D eigenvalue weighted by molar-refractivity contribution is -0.151. The Kier molecular flexibility index (Phi) is 9.99. The fourth-order valence-corrected chi connectivity index (χ4v) is 3.18. The van der Waals surface area contributed by atoms with Crippen molar-refractivity contribution in [3.8, 4) is 11.5 Å². The first-order chi connectivity index (χ1) is 16.4. The standard InChI is InChI=1S/C28H39NO6/c1-8-32-25(30)24(34-23-15-11-21(12-16-23)27(2,3)4)19-20-9-13-22(14-10-20)33-18-17-29-26(31)35-28(5,6)7/h9-16,24H,8,17-19H2,1-7H3,(H,29,31). The van der Waals surface area contributed by atoms with Crippen LogP contribution in [-0.4, -0.2) is 43.5 Å². The molecule has 0 saturated carbocycles. The van der Waals surface area contributed by atoms with Crippen molar-refractivity contribution in [1.82, 2.24) is 5.32 Å². The average molecular weight is 486 g/mol. The summed E-state index contributed by atoms with van der Waals surface area (Å²) in [7, 11) is 0. The van der Waals surface area contributed by atoms with E-state index in [0.29, 0.717) is 31.1 Å². The number of carbonyl (C=O) groups excluding carboxylic acids is 2. The second kappa shape index (κ2) is 12.5. The van der Waals surface area contributed by atoms with Gasteiger partial charge in [0, 0.05) is 6.42 Å². The maximum absolute atomic E-state index is 12.5. The van der Waals surface area contributed by atoms with E-state index >= 15 is 0 Å². The van der Waals surface area contributed by atoms with Gasteiger partial charge in [-0.3, -0.25) is 0 Å². The van der Waals surface area contributed by atoms with Gasteiger partial charge in [-0.15, -0.1) is 0 Å². The van der Waals surface area contributed by atoms with Crippen LogP contribution >= 0.6 is 0 Å². The van der Waals surface area contributed by atoms with Crippen LogP contribution in [0.4, 0.5) is 4.79 Å². The summed E-state index contributed by atoms with van der Waals surface area (Å²) in [6.45, 7) is 14.6. The highest BCUT2D eigenvalue weighted by atomic mass is 16.6. The molecule has 35 heavy (non-hydrogen) atoms. The molecule has 0 heterocycles. The van der Waals surface area contributed by atoms with Gasteiger partial charge < -0.3 is 24.3 Å². The summed E-state index contributed by atoms with van der Waals surface area (Å²) in [5.74, 6) is 0.876. The van der Waals surface area contributed by atoms with Crippen molar-refractivity contribution in [2.75, 3.05) is 19.8 Å². The monoisotopic (exact) mass is 485 g/mol. The molecule has 1 atom stereocenters. The topological polar surface area (TPSA) is 83.1 Å². The molecule has 7 nitrogen and oxygen atoms in total. The summed E-state index contributed by atoms with van der Waals surface area (Å²) in [6.07, 6.45) is -0.880. The number of benzene rings is 2. The molecular formula is C28H39NO6. The second-order valence-electron chi connectivity index (χ2n) is 10.3. The predicted octanol–water partition coefficient (Wildman–Crippen LogP) is 5.44. The number of esters is 1. The Balaban J connectivity index is 1.93. The van der Waals surface area contributed by atoms with Crippen molar-refractivity contribution in [3.63, 3.8) is 0 Å². The number of amides is 1. The van der Waals surface area contributed by atoms with Crippen molar-refractivity contribution in [3.05, 3.63) is 59.7 Å². The van der Waals surface area contributed by atoms with Crippen LogP contribution in [0.5, 0.6) is 11.5 Å². The predicted molar refractivity (Wildman–Crippen MR) is 136 cm³/mol. The van der Waals surface area contributed by atoms with Crippen LogP contribution in [0.1, 0.15) is 59.6 Å². The molecule has 1 unspecified atom stereocenters. The van der Waals surface area contributed by atoms with Gasteiger partial charge in [-0.2, -0.15) is 0 Å². The molecule has 0 bridgehead atoms. The fraction of sp³-hybridized carbons (Fsp3) is 0.500. The Hall–Kier alpha value is -3.22. The van der Waals surface area contributed by atoms with Crippen molar-refractivity contribution < 1.29 is 28.5 Å². The summed E-state index contributed by atoms with van der Waals surface area (Å²) in [5, 5.41) is 2.65. The molecule has 0 aliphatic heterocycles. The minimum Gasteiger partial charge on any atom is -0.492 e. The third-order valence-corrected chi connectivity index (χ3v) is 4.93. The van der Waals surface area contributed by atoms with Crippen molar-refractivity contribution in [1.29, 1.82) is 0 Å². The van der Waals surface area contributed by atoms with Gasteiger partial charge in [-0.25, -0.2) is 9.59 Å². The Morgan fingerprint density at radius 2 is 1.49 bits per heavy atom. The molecule has 0 aliphatic rings. The second-order valence-corrected chi connectivity index (χ2v) is 10.3. The lowest BCUT2D eigenvalue weighted by atomic mass is 9.87. The van der Waals surface area contributed by atoms with E-state index in [1.54, 1.807) is 6.92 Å². The average Bonchev–Trinajstić information content (AvgIpc) is 2.76. The Morgan fingerprint density at radius 3 is 2.03 bits per heavy atom. The zero-order valence-corrected chi connectivity index (χ0v) is 22.0. The number of alkyl carbamates (subject to hydrolysis) is 1. The highest BCUT2D eigenvalue weighted by Crippen LogP contribution is 2.25. The molecule has 0 fully saturated rings. The number of hydrogen-bond acceptors (Lipinski definition) is 6. The van der Waals surface area contributed by atoms with Crippen molar-refractivity contribution in [2.24, 2.45) is 0 Å². The first kappa shape index (κ1) is 28.0. The molecule has 7 heteroatoms. The fourth-order valence-electron chi connectivity index (χ4n) is 3.18. The smallest absolute Gasteiger partial charge is 0.407 e. The van der Waals surface area contributed by atoms with Crippen molar-refractivity contribution in [2.45, 2.75) is 72.0 Å². The number of ether oxygens (including phenoxy) is 4. The van der Waals surface area contributed by atoms with E-state index < -0.39 is 23.8 Å². The quantitative estimate of drug-likeness (QED) is 0.356. The number of nitrogens with one attached hydrogen (secondary N) is 1. The maximum atomic E-state index is 12.5. The first-order valence-electron chi connectivity index (χ1n) is 12.0. The molecule has 0 aromatic heterocycles. The lowest BCUT2D eigenvalue weighted by Gasteiger charge is -2.21. The Morgan fingerprint density at radius 1 is 0.886 bits per heavy atom. The van der Waals surface area contributed by atoms with Crippen LogP contribution in [0.15, 0.2) is 48.5 Å². The summed E-state index contributed by atoms with van der Waals surface area (Å²) < 4.78 is 22.1. The van der Waals surface area contributed by atoms with E-state index in [0.717, 1.165) is 5.56 Å². The van der Waals surface area contributed by atoms with Gasteiger partial charge in [-0.05, 0) is 68.5 Å². The van der Waals surface area contributed by atoms with Crippen LogP contribution < -0.4 is 14.8 Å².